The number of hydrogen-bond acceptors (Lipinski definition) is 7. The van der Waals surface area contributed by atoms with E-state index in [1.165, 1.54) is 6.20 Å². The number of anilines is 1. The van der Waals surface area contributed by atoms with E-state index < -0.39 is 29.6 Å². The highest BCUT2D eigenvalue weighted by Gasteiger charge is 2.45. The highest BCUT2D eigenvalue weighted by Crippen LogP contribution is 2.46. The van der Waals surface area contributed by atoms with E-state index in [9.17, 15) is 18.4 Å². The fourth-order valence-electron chi connectivity index (χ4n) is 3.72. The summed E-state index contributed by atoms with van der Waals surface area (Å²) >= 11 is 6.94. The monoisotopic (exact) mass is 500 g/mol. The molecule has 2 aromatic rings. The summed E-state index contributed by atoms with van der Waals surface area (Å²) in [6.07, 6.45) is 0.737. The lowest BCUT2D eigenvalue weighted by molar-refractivity contribution is -0.137. The first-order valence-electron chi connectivity index (χ1n) is 10.0. The van der Waals surface area contributed by atoms with Gasteiger partial charge >= 0.3 is 5.97 Å². The Balaban J connectivity index is 1.80. The molecule has 1 aromatic heterocycles. The number of nitrogens with two attached hydrogens (primary N) is 2. The summed E-state index contributed by atoms with van der Waals surface area (Å²) in [6, 6.07) is 6.47. The van der Waals surface area contributed by atoms with Crippen molar-refractivity contribution < 1.29 is 23.5 Å². The third kappa shape index (κ3) is 6.83. The van der Waals surface area contributed by atoms with Gasteiger partial charge in [-0.1, -0.05) is 47.2 Å². The minimum atomic E-state index is -2.81. The quantitative estimate of drug-likeness (QED) is 0.179. The molecule has 3 rings (SSSR count). The second-order valence-electron chi connectivity index (χ2n) is 7.71. The molecule has 33 heavy (non-hydrogen) atoms. The van der Waals surface area contributed by atoms with Crippen molar-refractivity contribution in [3.05, 3.63) is 45.9 Å². The summed E-state index contributed by atoms with van der Waals surface area (Å²) in [5.74, 6) is 0.00871. The summed E-state index contributed by atoms with van der Waals surface area (Å²) in [5.41, 5.74) is 6.96. The predicted octanol–water partition coefficient (Wildman–Crippen LogP) is 3.22. The number of carbonyl (C=O) groups excluding carboxylic acids is 1. The molecule has 6 N–H and O–H groups in total. The summed E-state index contributed by atoms with van der Waals surface area (Å²) in [6.45, 7) is -0.0347. The Bertz CT molecular complexity index is 1030. The van der Waals surface area contributed by atoms with Crippen LogP contribution in [0.1, 0.15) is 42.7 Å². The van der Waals surface area contributed by atoms with Crippen LogP contribution in [0, 0.1) is 5.92 Å². The van der Waals surface area contributed by atoms with Crippen LogP contribution in [0.25, 0.3) is 0 Å². The van der Waals surface area contributed by atoms with Gasteiger partial charge in [-0.2, -0.15) is 0 Å². The molecule has 0 bridgehead atoms. The topological polar surface area (TPSA) is 147 Å². The van der Waals surface area contributed by atoms with E-state index in [1.807, 2.05) is 0 Å². The number of aliphatic carboxylic acids is 1. The number of hydrazone groups is 1. The van der Waals surface area contributed by atoms with Gasteiger partial charge in [-0.05, 0) is 17.9 Å². The molecule has 1 heterocycles. The van der Waals surface area contributed by atoms with Crippen molar-refractivity contribution in [1.29, 1.82) is 0 Å². The van der Waals surface area contributed by atoms with Gasteiger partial charge in [0.25, 0.3) is 0 Å². The molecule has 13 heteroatoms. The number of hydrazine groups is 1. The Morgan fingerprint density at radius 1 is 1.39 bits per heavy atom. The second kappa shape index (κ2) is 10.4. The number of carboxylic acids is 1. The smallest absolute Gasteiger partial charge is 0.305 e. The molecule has 1 aliphatic rings. The molecular weight excluding hydrogens is 478 g/mol. The lowest BCUT2D eigenvalue weighted by atomic mass is 9.83. The number of amidine groups is 1. The molecule has 0 aliphatic heterocycles. The highest BCUT2D eigenvalue weighted by molar-refractivity contribution is 7.19. The number of aromatic nitrogens is 1. The number of halogens is 3. The summed E-state index contributed by atoms with van der Waals surface area (Å²) in [5, 5.41) is 16.5. The molecule has 1 amide bonds. The molecule has 0 saturated heterocycles. The number of amides is 1. The maximum absolute atomic E-state index is 13.9. The number of carboxylic acid groups (broad SMARTS) is 1. The molecule has 178 valence electrons. The zero-order chi connectivity index (χ0) is 24.2. The molecule has 2 atom stereocenters. The zero-order valence-corrected chi connectivity index (χ0v) is 19.0. The number of thiazole rings is 1. The van der Waals surface area contributed by atoms with Gasteiger partial charge in [-0.25, -0.2) is 24.7 Å². The van der Waals surface area contributed by atoms with Crippen molar-refractivity contribution >= 4 is 45.8 Å². The molecule has 1 saturated carbocycles. The van der Waals surface area contributed by atoms with Crippen LogP contribution in [-0.2, 0) is 9.59 Å². The van der Waals surface area contributed by atoms with Crippen molar-refractivity contribution in [1.82, 2.24) is 10.1 Å². The Morgan fingerprint density at radius 3 is 2.64 bits per heavy atom. The minimum absolute atomic E-state index is 0.0347. The number of carbonyl (C=O) groups is 2. The normalized spacial score (nSPS) is 18.7. The Morgan fingerprint density at radius 2 is 2.09 bits per heavy atom. The van der Waals surface area contributed by atoms with Gasteiger partial charge in [-0.3, -0.25) is 9.59 Å². The van der Waals surface area contributed by atoms with Gasteiger partial charge in [0.1, 0.15) is 4.34 Å². The molecule has 9 nitrogen and oxygen atoms in total. The van der Waals surface area contributed by atoms with E-state index >= 15 is 0 Å². The number of benzene rings is 1. The molecule has 0 spiro atoms. The van der Waals surface area contributed by atoms with Crippen molar-refractivity contribution in [3.63, 3.8) is 0 Å². The SMILES string of the molecule is N/C(=N\N(N)CCC(=O)O)c1ccc(C(C(=O)Nc2ncc(Cl)s2)C2CCC(F)(F)C2)cc1. The van der Waals surface area contributed by atoms with E-state index in [0.717, 1.165) is 16.5 Å². The maximum atomic E-state index is 13.9. The van der Waals surface area contributed by atoms with E-state index in [4.69, 9.17) is 28.3 Å². The van der Waals surface area contributed by atoms with Crippen molar-refractivity contribution in [2.45, 2.75) is 37.5 Å². The Kier molecular flexibility index (Phi) is 7.82. The lowest BCUT2D eigenvalue weighted by Crippen LogP contribution is -2.31. The van der Waals surface area contributed by atoms with Crippen LogP contribution in [0.5, 0.6) is 0 Å². The first kappa shape index (κ1) is 24.8. The van der Waals surface area contributed by atoms with Crippen LogP contribution in [0.15, 0.2) is 35.6 Å². The first-order valence-corrected chi connectivity index (χ1v) is 11.2. The summed E-state index contributed by atoms with van der Waals surface area (Å²) in [7, 11) is 0. The lowest BCUT2D eigenvalue weighted by Gasteiger charge is -2.23. The van der Waals surface area contributed by atoms with Gasteiger partial charge < -0.3 is 16.2 Å². The van der Waals surface area contributed by atoms with E-state index in [1.54, 1.807) is 24.3 Å². The Hall–Kier alpha value is -2.83. The standard InChI is InChI=1S/C20H23ClF2N6O3S/c21-14-10-26-19(33-14)27-18(32)16(13-5-7-20(22,23)9-13)11-1-3-12(4-2-11)17(24)28-29(25)8-6-15(30)31/h1-4,10,13,16H,5-9,25H2,(H2,24,28)(H,30,31)(H,26,27,32). The molecule has 1 aliphatic carbocycles. The highest BCUT2D eigenvalue weighted by atomic mass is 35.5. The number of rotatable bonds is 9. The average Bonchev–Trinajstić information content (AvgIpc) is 3.31. The van der Waals surface area contributed by atoms with E-state index in [0.29, 0.717) is 15.5 Å². The van der Waals surface area contributed by atoms with Gasteiger partial charge in [0.15, 0.2) is 11.0 Å². The van der Waals surface area contributed by atoms with Crippen LogP contribution in [-0.4, -0.2) is 45.4 Å². The van der Waals surface area contributed by atoms with Gasteiger partial charge in [0, 0.05) is 18.4 Å². The third-order valence-corrected chi connectivity index (χ3v) is 6.29. The summed E-state index contributed by atoms with van der Waals surface area (Å²) in [4.78, 5) is 27.7. The molecule has 2 unspecified atom stereocenters. The van der Waals surface area contributed by atoms with Crippen LogP contribution in [0.4, 0.5) is 13.9 Å². The Labute approximate surface area is 197 Å². The van der Waals surface area contributed by atoms with E-state index in [-0.39, 0.29) is 43.2 Å². The van der Waals surface area contributed by atoms with Crippen LogP contribution in [0.2, 0.25) is 4.34 Å². The van der Waals surface area contributed by atoms with Crippen molar-refractivity contribution in [2.24, 2.45) is 22.6 Å². The van der Waals surface area contributed by atoms with Gasteiger partial charge in [0.05, 0.1) is 25.1 Å². The fraction of sp³-hybridized carbons (Fsp3) is 0.400. The second-order valence-corrected chi connectivity index (χ2v) is 9.37. The number of hydrogen-bond donors (Lipinski definition) is 4. The number of alkyl halides is 2. The van der Waals surface area contributed by atoms with Crippen LogP contribution >= 0.6 is 22.9 Å². The summed E-state index contributed by atoms with van der Waals surface area (Å²) < 4.78 is 28.2. The van der Waals surface area contributed by atoms with Crippen molar-refractivity contribution in [3.8, 4) is 0 Å². The average molecular weight is 501 g/mol. The minimum Gasteiger partial charge on any atom is -0.481 e. The molecule has 1 fully saturated rings. The zero-order valence-electron chi connectivity index (χ0n) is 17.4. The molecule has 0 radical (unpaired) electrons. The maximum Gasteiger partial charge on any atom is 0.305 e. The molecular formula is C20H23ClF2N6O3S. The number of nitrogens with one attached hydrogen (secondary N) is 1. The predicted molar refractivity (Wildman–Crippen MR) is 121 cm³/mol. The fourth-order valence-corrected chi connectivity index (χ4v) is 4.53. The van der Waals surface area contributed by atoms with Gasteiger partial charge in [0.2, 0.25) is 11.8 Å². The first-order chi connectivity index (χ1) is 15.5. The van der Waals surface area contributed by atoms with Crippen LogP contribution < -0.4 is 16.9 Å². The molecule has 1 aromatic carbocycles. The third-order valence-electron chi connectivity index (χ3n) is 5.26. The van der Waals surface area contributed by atoms with Crippen molar-refractivity contribution in [2.75, 3.05) is 11.9 Å². The van der Waals surface area contributed by atoms with Crippen LogP contribution in [0.3, 0.4) is 0 Å². The van der Waals surface area contributed by atoms with E-state index in [2.05, 4.69) is 15.4 Å². The number of nitrogens with zero attached hydrogens (tertiary/aromatic N) is 3. The largest absolute Gasteiger partial charge is 0.481 e. The van der Waals surface area contributed by atoms with Gasteiger partial charge in [-0.15, -0.1) is 5.10 Å².